The normalized spacial score (nSPS) is 13.3. The second kappa shape index (κ2) is 5.12. The van der Waals surface area contributed by atoms with Gasteiger partial charge >= 0.3 is 124 Å². The van der Waals surface area contributed by atoms with Gasteiger partial charge in [-0.1, -0.05) is 0 Å². The first kappa shape index (κ1) is 14.0. The van der Waals surface area contributed by atoms with Crippen molar-refractivity contribution in [1.29, 1.82) is 0 Å². The van der Waals surface area contributed by atoms with Crippen molar-refractivity contribution in [1.82, 2.24) is 0 Å². The first-order chi connectivity index (χ1) is 10.1. The van der Waals surface area contributed by atoms with Gasteiger partial charge in [0.05, 0.1) is 0 Å². The van der Waals surface area contributed by atoms with Crippen LogP contribution in [0.5, 0.6) is 0 Å². The summed E-state index contributed by atoms with van der Waals surface area (Å²) >= 11 is -6.04. The third-order valence-electron chi connectivity index (χ3n) is 3.63. The minimum absolute atomic E-state index is 0.147. The van der Waals surface area contributed by atoms with E-state index in [2.05, 4.69) is 0 Å². The monoisotopic (exact) mass is 344 g/mol. The molecule has 0 fully saturated rings. The minimum atomic E-state index is -6.04. The summed E-state index contributed by atoms with van der Waals surface area (Å²) < 4.78 is 32.8. The second-order valence-electron chi connectivity index (χ2n) is 4.91. The summed E-state index contributed by atoms with van der Waals surface area (Å²) in [5.74, 6) is 0. The van der Waals surface area contributed by atoms with Crippen LogP contribution >= 0.6 is 0 Å². The maximum absolute atomic E-state index is 16.2. The Morgan fingerprint density at radius 2 is 0.667 bits per heavy atom. The van der Waals surface area contributed by atoms with Gasteiger partial charge in [0.25, 0.3) is 0 Å². The molecule has 0 spiro atoms. The Bertz CT molecular complexity index is 622. The summed E-state index contributed by atoms with van der Waals surface area (Å²) in [6.07, 6.45) is 0. The van der Waals surface area contributed by atoms with Crippen LogP contribution in [-0.4, -0.2) is 13.4 Å². The molecule has 3 aromatic carbocycles. The predicted molar refractivity (Wildman–Crippen MR) is 86.2 cm³/mol. The van der Waals surface area contributed by atoms with Crippen LogP contribution in [0, 0.1) is 0 Å². The molecule has 0 aromatic heterocycles. The SMILES string of the molecule is F[As](F)(c1ccccc1)(c1ccccc1)c1ccccc1. The molecule has 0 N–H and O–H groups in total. The third kappa shape index (κ3) is 2.20. The molecule has 0 radical (unpaired) electrons. The Morgan fingerprint density at radius 3 is 0.905 bits per heavy atom. The van der Waals surface area contributed by atoms with Crippen molar-refractivity contribution >= 4 is 26.4 Å². The van der Waals surface area contributed by atoms with Gasteiger partial charge in [-0.05, 0) is 0 Å². The van der Waals surface area contributed by atoms with Gasteiger partial charge in [-0.2, -0.15) is 0 Å². The fourth-order valence-corrected chi connectivity index (χ4v) is 8.77. The average molecular weight is 344 g/mol. The first-order valence-corrected chi connectivity index (χ1v) is 11.0. The zero-order chi connectivity index (χ0) is 14.8. The number of halogens is 2. The standard InChI is InChI=1S/C18H15AsF2/c20-19(21,16-10-4-1-5-11-16,17-12-6-2-7-13-17)18-14-8-3-9-15-18/h1-15H. The van der Waals surface area contributed by atoms with Gasteiger partial charge in [0.15, 0.2) is 0 Å². The molecule has 0 nitrogen and oxygen atoms in total. The number of hydrogen-bond acceptors (Lipinski definition) is 0. The Morgan fingerprint density at radius 1 is 0.429 bits per heavy atom. The van der Waals surface area contributed by atoms with Gasteiger partial charge in [-0.15, -0.1) is 0 Å². The van der Waals surface area contributed by atoms with Crippen molar-refractivity contribution in [2.24, 2.45) is 0 Å². The van der Waals surface area contributed by atoms with E-state index < -0.39 is 13.4 Å². The van der Waals surface area contributed by atoms with Gasteiger partial charge < -0.3 is 0 Å². The molecule has 21 heavy (non-hydrogen) atoms. The van der Waals surface area contributed by atoms with Crippen molar-refractivity contribution < 1.29 is 6.93 Å². The zero-order valence-electron chi connectivity index (χ0n) is 11.4. The fraction of sp³-hybridized carbons (Fsp3) is 0. The summed E-state index contributed by atoms with van der Waals surface area (Å²) in [4.78, 5) is 0. The van der Waals surface area contributed by atoms with E-state index in [9.17, 15) is 0 Å². The van der Waals surface area contributed by atoms with E-state index in [-0.39, 0.29) is 13.1 Å². The van der Waals surface area contributed by atoms with E-state index in [0.717, 1.165) is 0 Å². The van der Waals surface area contributed by atoms with E-state index in [0.29, 0.717) is 0 Å². The first-order valence-electron chi connectivity index (χ1n) is 6.74. The number of rotatable bonds is 3. The quantitative estimate of drug-likeness (QED) is 0.641. The molecule has 0 unspecified atom stereocenters. The Kier molecular flexibility index (Phi) is 3.42. The molecular weight excluding hydrogens is 329 g/mol. The van der Waals surface area contributed by atoms with Crippen LogP contribution in [0.4, 0.5) is 6.93 Å². The Labute approximate surface area is 124 Å². The van der Waals surface area contributed by atoms with Gasteiger partial charge in [-0.3, -0.25) is 0 Å². The topological polar surface area (TPSA) is 0 Å². The maximum atomic E-state index is 16.2. The van der Waals surface area contributed by atoms with Crippen LogP contribution in [-0.2, 0) is 0 Å². The Balaban J connectivity index is 2.36. The average Bonchev–Trinajstić information content (AvgIpc) is 2.57. The molecule has 3 heteroatoms. The van der Waals surface area contributed by atoms with Crippen LogP contribution in [0.25, 0.3) is 0 Å². The van der Waals surface area contributed by atoms with Crippen LogP contribution in [0.1, 0.15) is 0 Å². The molecule has 3 rings (SSSR count). The van der Waals surface area contributed by atoms with E-state index in [1.165, 1.54) is 0 Å². The molecule has 0 aliphatic heterocycles. The van der Waals surface area contributed by atoms with Gasteiger partial charge in [0.1, 0.15) is 0 Å². The molecule has 0 saturated heterocycles. The molecule has 3 aromatic rings. The van der Waals surface area contributed by atoms with E-state index >= 15 is 6.93 Å². The van der Waals surface area contributed by atoms with Crippen molar-refractivity contribution in [2.45, 2.75) is 0 Å². The molecule has 0 aliphatic carbocycles. The molecule has 0 amide bonds. The van der Waals surface area contributed by atoms with Crippen molar-refractivity contribution in [3.05, 3.63) is 91.0 Å². The molecular formula is C18H15AsF2. The molecule has 106 valence electrons. The zero-order valence-corrected chi connectivity index (χ0v) is 13.2. The number of benzene rings is 3. The van der Waals surface area contributed by atoms with E-state index in [4.69, 9.17) is 0 Å². The number of hydrogen-bond donors (Lipinski definition) is 0. The van der Waals surface area contributed by atoms with Crippen molar-refractivity contribution in [3.63, 3.8) is 0 Å². The Hall–Kier alpha value is -1.92. The summed E-state index contributed by atoms with van der Waals surface area (Å²) in [7, 11) is 0. The summed E-state index contributed by atoms with van der Waals surface area (Å²) in [6.45, 7) is 0. The third-order valence-corrected chi connectivity index (χ3v) is 11.2. The van der Waals surface area contributed by atoms with Crippen LogP contribution in [0.2, 0.25) is 0 Å². The molecule has 0 saturated carbocycles. The van der Waals surface area contributed by atoms with Crippen molar-refractivity contribution in [2.75, 3.05) is 0 Å². The summed E-state index contributed by atoms with van der Waals surface area (Å²) in [6, 6.07) is 24.7. The van der Waals surface area contributed by atoms with Crippen molar-refractivity contribution in [3.8, 4) is 0 Å². The van der Waals surface area contributed by atoms with Crippen LogP contribution in [0.15, 0.2) is 91.0 Å². The molecule has 0 atom stereocenters. The summed E-state index contributed by atoms with van der Waals surface area (Å²) in [5, 5.41) is 0. The van der Waals surface area contributed by atoms with Gasteiger partial charge in [0, 0.05) is 0 Å². The van der Waals surface area contributed by atoms with E-state index in [1.54, 1.807) is 91.0 Å². The summed E-state index contributed by atoms with van der Waals surface area (Å²) in [5.41, 5.74) is 0. The van der Waals surface area contributed by atoms with Gasteiger partial charge in [0.2, 0.25) is 0 Å². The van der Waals surface area contributed by atoms with Crippen LogP contribution in [0.3, 0.4) is 0 Å². The van der Waals surface area contributed by atoms with Gasteiger partial charge in [-0.25, -0.2) is 0 Å². The molecule has 0 aliphatic rings. The second-order valence-corrected chi connectivity index (χ2v) is 12.0. The van der Waals surface area contributed by atoms with E-state index in [1.807, 2.05) is 0 Å². The molecule has 0 heterocycles. The van der Waals surface area contributed by atoms with Crippen LogP contribution < -0.4 is 13.1 Å². The fourth-order valence-electron chi connectivity index (χ4n) is 2.52. The predicted octanol–water partition coefficient (Wildman–Crippen LogP) is 3.04. The molecule has 0 bridgehead atoms.